The molecule has 1 aliphatic rings. The number of β-amino-alcohol motifs (C(OH)–C–C–N with tert-alkyl or cyclic N) is 1. The third-order valence-corrected chi connectivity index (χ3v) is 3.05. The molecule has 1 saturated heterocycles. The predicted molar refractivity (Wildman–Crippen MR) is 68.5 cm³/mol. The van der Waals surface area contributed by atoms with Gasteiger partial charge in [0.1, 0.15) is 11.6 Å². The van der Waals surface area contributed by atoms with Crippen molar-refractivity contribution in [1.82, 2.24) is 14.9 Å². The van der Waals surface area contributed by atoms with E-state index in [1.54, 1.807) is 0 Å². The van der Waals surface area contributed by atoms with Gasteiger partial charge in [0.15, 0.2) is 0 Å². The summed E-state index contributed by atoms with van der Waals surface area (Å²) in [6.45, 7) is 4.79. The molecule has 6 nitrogen and oxygen atoms in total. The Bertz CT molecular complexity index is 398. The highest BCUT2D eigenvalue weighted by Gasteiger charge is 2.26. The average molecular weight is 252 g/mol. The first-order valence-electron chi connectivity index (χ1n) is 6.20. The highest BCUT2D eigenvalue weighted by atomic mass is 16.5. The van der Waals surface area contributed by atoms with Gasteiger partial charge in [0.25, 0.3) is 0 Å². The quantitative estimate of drug-likeness (QED) is 0.797. The zero-order valence-electron chi connectivity index (χ0n) is 10.9. The van der Waals surface area contributed by atoms with Crippen LogP contribution in [0.1, 0.15) is 17.6 Å². The van der Waals surface area contributed by atoms with Crippen molar-refractivity contribution in [1.29, 1.82) is 0 Å². The first kappa shape index (κ1) is 13.2. The van der Waals surface area contributed by atoms with Crippen molar-refractivity contribution in [2.24, 2.45) is 0 Å². The zero-order valence-corrected chi connectivity index (χ0v) is 10.9. The predicted octanol–water partition coefficient (Wildman–Crippen LogP) is 0.192. The van der Waals surface area contributed by atoms with Crippen molar-refractivity contribution in [3.63, 3.8) is 0 Å². The Balaban J connectivity index is 2.24. The second kappa shape index (κ2) is 6.08. The van der Waals surface area contributed by atoms with Crippen LogP contribution < -0.4 is 5.32 Å². The number of rotatable bonds is 4. The van der Waals surface area contributed by atoms with Crippen molar-refractivity contribution in [3.05, 3.63) is 17.6 Å². The maximum Gasteiger partial charge on any atom is 0.150 e. The fourth-order valence-electron chi connectivity index (χ4n) is 2.14. The van der Waals surface area contributed by atoms with E-state index in [0.29, 0.717) is 19.8 Å². The molecule has 2 heterocycles. The Kier molecular flexibility index (Phi) is 4.46. The van der Waals surface area contributed by atoms with Gasteiger partial charge in [-0.05, 0) is 6.92 Å². The van der Waals surface area contributed by atoms with E-state index in [-0.39, 0.29) is 12.6 Å². The van der Waals surface area contributed by atoms with Crippen LogP contribution in [0.25, 0.3) is 0 Å². The lowest BCUT2D eigenvalue weighted by Gasteiger charge is -2.34. The van der Waals surface area contributed by atoms with Crippen molar-refractivity contribution >= 4 is 5.82 Å². The Labute approximate surface area is 107 Å². The first-order valence-corrected chi connectivity index (χ1v) is 6.20. The molecule has 2 N–H and O–H groups in total. The lowest BCUT2D eigenvalue weighted by atomic mass is 10.2. The second-order valence-corrected chi connectivity index (χ2v) is 4.35. The topological polar surface area (TPSA) is 70.5 Å². The number of aromatic nitrogens is 2. The summed E-state index contributed by atoms with van der Waals surface area (Å²) >= 11 is 0. The fraction of sp³-hybridized carbons (Fsp3) is 0.667. The molecule has 100 valence electrons. The molecule has 1 atom stereocenters. The minimum Gasteiger partial charge on any atom is -0.395 e. The molecule has 0 aromatic carbocycles. The van der Waals surface area contributed by atoms with Gasteiger partial charge in [-0.2, -0.15) is 0 Å². The van der Waals surface area contributed by atoms with Crippen molar-refractivity contribution in [2.75, 3.05) is 45.3 Å². The number of hydrogen-bond donors (Lipinski definition) is 2. The number of aliphatic hydroxyl groups is 1. The Morgan fingerprint density at radius 3 is 3.11 bits per heavy atom. The van der Waals surface area contributed by atoms with Crippen LogP contribution >= 0.6 is 0 Å². The van der Waals surface area contributed by atoms with Gasteiger partial charge in [0.2, 0.25) is 0 Å². The van der Waals surface area contributed by atoms with Crippen LogP contribution in [0.2, 0.25) is 0 Å². The third-order valence-electron chi connectivity index (χ3n) is 3.05. The number of anilines is 1. The van der Waals surface area contributed by atoms with E-state index >= 15 is 0 Å². The second-order valence-electron chi connectivity index (χ2n) is 4.35. The van der Waals surface area contributed by atoms with Crippen LogP contribution in [0, 0.1) is 6.92 Å². The lowest BCUT2D eigenvalue weighted by Crippen LogP contribution is -2.41. The van der Waals surface area contributed by atoms with Crippen LogP contribution in [0.5, 0.6) is 0 Å². The van der Waals surface area contributed by atoms with E-state index in [9.17, 15) is 0 Å². The summed E-state index contributed by atoms with van der Waals surface area (Å²) in [5, 5.41) is 12.1. The largest absolute Gasteiger partial charge is 0.395 e. The van der Waals surface area contributed by atoms with E-state index in [2.05, 4.69) is 20.2 Å². The molecule has 0 radical (unpaired) electrons. The number of ether oxygens (including phenoxy) is 1. The van der Waals surface area contributed by atoms with Crippen LogP contribution in [0.4, 0.5) is 5.82 Å². The van der Waals surface area contributed by atoms with Gasteiger partial charge in [-0.3, -0.25) is 4.90 Å². The summed E-state index contributed by atoms with van der Waals surface area (Å²) in [4.78, 5) is 11.1. The minimum atomic E-state index is 0.0258. The molecule has 0 unspecified atom stereocenters. The fourth-order valence-corrected chi connectivity index (χ4v) is 2.14. The molecule has 1 aliphatic heterocycles. The number of aliphatic hydroxyl groups excluding tert-OH is 1. The van der Waals surface area contributed by atoms with Crippen LogP contribution in [0.3, 0.4) is 0 Å². The molecule has 1 fully saturated rings. The minimum absolute atomic E-state index is 0.0258. The summed E-state index contributed by atoms with van der Waals surface area (Å²) < 4.78 is 5.50. The van der Waals surface area contributed by atoms with Gasteiger partial charge in [-0.15, -0.1) is 0 Å². The Morgan fingerprint density at radius 2 is 2.39 bits per heavy atom. The summed E-state index contributed by atoms with van der Waals surface area (Å²) in [5.74, 6) is 1.57. The SMILES string of the molecule is CNc1cc(C)nc([C@H]2COCCN2CCO)n1. The molecule has 0 bridgehead atoms. The molecular formula is C12H20N4O2. The van der Waals surface area contributed by atoms with Gasteiger partial charge in [-0.1, -0.05) is 0 Å². The molecule has 1 aromatic heterocycles. The average Bonchev–Trinajstić information content (AvgIpc) is 2.39. The maximum absolute atomic E-state index is 9.10. The highest BCUT2D eigenvalue weighted by Crippen LogP contribution is 2.22. The van der Waals surface area contributed by atoms with Crippen molar-refractivity contribution in [2.45, 2.75) is 13.0 Å². The van der Waals surface area contributed by atoms with Gasteiger partial charge >= 0.3 is 0 Å². The third kappa shape index (κ3) is 2.95. The lowest BCUT2D eigenvalue weighted by molar-refractivity contribution is -0.0177. The van der Waals surface area contributed by atoms with Crippen LogP contribution in [0.15, 0.2) is 6.07 Å². The molecule has 0 aliphatic carbocycles. The van der Waals surface area contributed by atoms with E-state index < -0.39 is 0 Å². The smallest absolute Gasteiger partial charge is 0.150 e. The molecule has 0 amide bonds. The van der Waals surface area contributed by atoms with E-state index in [1.165, 1.54) is 0 Å². The summed E-state index contributed by atoms with van der Waals surface area (Å²) in [6.07, 6.45) is 0. The van der Waals surface area contributed by atoms with E-state index in [4.69, 9.17) is 9.84 Å². The normalized spacial score (nSPS) is 20.9. The first-order chi connectivity index (χ1) is 8.74. The van der Waals surface area contributed by atoms with Gasteiger partial charge < -0.3 is 15.2 Å². The number of aryl methyl sites for hydroxylation is 1. The summed E-state index contributed by atoms with van der Waals surface area (Å²) in [5.41, 5.74) is 0.930. The molecule has 0 saturated carbocycles. The highest BCUT2D eigenvalue weighted by molar-refractivity contribution is 5.35. The number of hydrogen-bond acceptors (Lipinski definition) is 6. The number of nitrogens with zero attached hydrogens (tertiary/aromatic N) is 3. The monoisotopic (exact) mass is 252 g/mol. The van der Waals surface area contributed by atoms with Gasteiger partial charge in [0, 0.05) is 31.9 Å². The molecular weight excluding hydrogens is 232 g/mol. The summed E-state index contributed by atoms with van der Waals surface area (Å²) in [6, 6.07) is 1.93. The van der Waals surface area contributed by atoms with Gasteiger partial charge in [-0.25, -0.2) is 9.97 Å². The maximum atomic E-state index is 9.10. The Hall–Kier alpha value is -1.24. The number of nitrogens with one attached hydrogen (secondary N) is 1. The Morgan fingerprint density at radius 1 is 1.56 bits per heavy atom. The molecule has 6 heteroatoms. The zero-order chi connectivity index (χ0) is 13.0. The number of morpholine rings is 1. The molecule has 1 aromatic rings. The van der Waals surface area contributed by atoms with Crippen molar-refractivity contribution in [3.8, 4) is 0 Å². The van der Waals surface area contributed by atoms with Crippen molar-refractivity contribution < 1.29 is 9.84 Å². The molecule has 0 spiro atoms. The summed E-state index contributed by atoms with van der Waals surface area (Å²) in [7, 11) is 1.84. The molecule has 2 rings (SSSR count). The van der Waals surface area contributed by atoms with E-state index in [1.807, 2.05) is 20.0 Å². The van der Waals surface area contributed by atoms with Crippen LogP contribution in [-0.2, 0) is 4.74 Å². The molecule has 18 heavy (non-hydrogen) atoms. The van der Waals surface area contributed by atoms with Gasteiger partial charge in [0.05, 0.1) is 25.9 Å². The van der Waals surface area contributed by atoms with E-state index in [0.717, 1.165) is 23.9 Å². The standard InChI is InChI=1S/C12H20N4O2/c1-9-7-11(13-2)15-12(14-9)10-8-18-6-4-16(10)3-5-17/h7,10,17H,3-6,8H2,1-2H3,(H,13,14,15)/t10-/m1/s1. The van der Waals surface area contributed by atoms with Crippen LogP contribution in [-0.4, -0.2) is 59.9 Å².